The average Bonchev–Trinajstić information content (AvgIpc) is 2.62. The van der Waals surface area contributed by atoms with Gasteiger partial charge in [0, 0.05) is 17.8 Å². The molecule has 2 aromatic carbocycles. The number of halogens is 1. The highest BCUT2D eigenvalue weighted by Crippen LogP contribution is 2.36. The second kappa shape index (κ2) is 8.47. The number of ether oxygens (including phenoxy) is 2. The Labute approximate surface area is 162 Å². The van der Waals surface area contributed by atoms with Gasteiger partial charge >= 0.3 is 0 Å². The van der Waals surface area contributed by atoms with Gasteiger partial charge in [0.15, 0.2) is 0 Å². The molecular weight excluding hydrogens is 394 g/mol. The number of hydrogen-bond donors (Lipinski definition) is 3. The molecule has 0 bridgehead atoms. The number of hydrogen-bond acceptors (Lipinski definition) is 6. The van der Waals surface area contributed by atoms with Crippen LogP contribution in [-0.2, 0) is 14.8 Å². The first kappa shape index (κ1) is 20.8. The number of nitrogens with one attached hydrogen (secondary N) is 2. The highest BCUT2D eigenvalue weighted by molar-refractivity contribution is 7.89. The molecule has 0 saturated heterocycles. The molecule has 27 heavy (non-hydrogen) atoms. The molecule has 0 unspecified atom stereocenters. The quantitative estimate of drug-likeness (QED) is 0.641. The van der Waals surface area contributed by atoms with Crippen LogP contribution in [0.5, 0.6) is 11.5 Å². The third-order valence-electron chi connectivity index (χ3n) is 3.69. The van der Waals surface area contributed by atoms with Crippen LogP contribution in [0.4, 0.5) is 11.4 Å². The number of amides is 1. The van der Waals surface area contributed by atoms with Gasteiger partial charge in [0.1, 0.15) is 17.5 Å². The van der Waals surface area contributed by atoms with Crippen LogP contribution < -0.4 is 25.2 Å². The van der Waals surface area contributed by atoms with Crippen LogP contribution in [0, 0.1) is 0 Å². The van der Waals surface area contributed by atoms with E-state index in [1.165, 1.54) is 38.5 Å². The Morgan fingerprint density at radius 1 is 1.11 bits per heavy atom. The van der Waals surface area contributed by atoms with Crippen molar-refractivity contribution in [3.8, 4) is 11.5 Å². The average molecular weight is 414 g/mol. The summed E-state index contributed by atoms with van der Waals surface area (Å²) in [5.74, 6) is 0.554. The van der Waals surface area contributed by atoms with Crippen molar-refractivity contribution in [3.63, 3.8) is 0 Å². The third-order valence-corrected chi connectivity index (χ3v) is 4.91. The van der Waals surface area contributed by atoms with E-state index in [1.807, 2.05) is 0 Å². The molecule has 0 fully saturated rings. The van der Waals surface area contributed by atoms with Crippen molar-refractivity contribution in [1.29, 1.82) is 0 Å². The number of rotatable bonds is 7. The van der Waals surface area contributed by atoms with Gasteiger partial charge < -0.3 is 20.1 Å². The lowest BCUT2D eigenvalue weighted by Gasteiger charge is -2.18. The summed E-state index contributed by atoms with van der Waals surface area (Å²) < 4.78 is 33.0. The Hall–Kier alpha value is -2.49. The molecule has 0 radical (unpaired) electrons. The molecule has 0 aliphatic rings. The topological polar surface area (TPSA) is 120 Å². The van der Waals surface area contributed by atoms with Crippen molar-refractivity contribution in [2.75, 3.05) is 24.9 Å². The highest BCUT2D eigenvalue weighted by atomic mass is 35.5. The smallest absolute Gasteiger partial charge is 0.246 e. The van der Waals surface area contributed by atoms with E-state index >= 15 is 0 Å². The molecule has 0 aliphatic carbocycles. The molecule has 0 heterocycles. The maximum absolute atomic E-state index is 12.4. The van der Waals surface area contributed by atoms with Crippen LogP contribution in [-0.4, -0.2) is 34.6 Å². The summed E-state index contributed by atoms with van der Waals surface area (Å²) in [5.41, 5.74) is 0.965. The van der Waals surface area contributed by atoms with Crippen molar-refractivity contribution in [2.24, 2.45) is 5.14 Å². The molecule has 2 rings (SSSR count). The molecule has 0 saturated carbocycles. The zero-order valence-corrected chi connectivity index (χ0v) is 16.5. The van der Waals surface area contributed by atoms with E-state index in [0.29, 0.717) is 27.9 Å². The summed E-state index contributed by atoms with van der Waals surface area (Å²) in [6.45, 7) is 1.66. The molecule has 10 heteroatoms. The van der Waals surface area contributed by atoms with Crippen LogP contribution in [0.1, 0.15) is 6.92 Å². The third kappa shape index (κ3) is 5.25. The van der Waals surface area contributed by atoms with E-state index in [-0.39, 0.29) is 10.8 Å². The van der Waals surface area contributed by atoms with Gasteiger partial charge in [0.2, 0.25) is 15.9 Å². The minimum atomic E-state index is -3.78. The summed E-state index contributed by atoms with van der Waals surface area (Å²) in [6.07, 6.45) is 0. The highest BCUT2D eigenvalue weighted by Gasteiger charge is 2.17. The van der Waals surface area contributed by atoms with Gasteiger partial charge in [-0.2, -0.15) is 0 Å². The van der Waals surface area contributed by atoms with Gasteiger partial charge in [0.25, 0.3) is 0 Å². The largest absolute Gasteiger partial charge is 0.495 e. The fourth-order valence-corrected chi connectivity index (χ4v) is 3.00. The number of methoxy groups -OCH3 is 2. The van der Waals surface area contributed by atoms with Crippen molar-refractivity contribution in [3.05, 3.63) is 41.4 Å². The summed E-state index contributed by atoms with van der Waals surface area (Å²) in [4.78, 5) is 12.4. The number of benzene rings is 2. The molecule has 0 aliphatic heterocycles. The number of anilines is 2. The minimum Gasteiger partial charge on any atom is -0.495 e. The minimum absolute atomic E-state index is 0.0373. The maximum Gasteiger partial charge on any atom is 0.246 e. The van der Waals surface area contributed by atoms with Gasteiger partial charge in [0.05, 0.1) is 29.8 Å². The molecular formula is C17H20ClN3O5S. The molecule has 0 aromatic heterocycles. The first-order valence-electron chi connectivity index (χ1n) is 7.77. The Kier molecular flexibility index (Phi) is 6.53. The van der Waals surface area contributed by atoms with E-state index in [0.717, 1.165) is 0 Å². The predicted octanol–water partition coefficient (Wildman–Crippen LogP) is 2.44. The summed E-state index contributed by atoms with van der Waals surface area (Å²) in [6, 6.07) is 8.12. The van der Waals surface area contributed by atoms with Crippen LogP contribution in [0.15, 0.2) is 41.3 Å². The fraction of sp³-hybridized carbons (Fsp3) is 0.235. The number of carbonyl (C=O) groups is 1. The fourth-order valence-electron chi connectivity index (χ4n) is 2.25. The molecule has 146 valence electrons. The standard InChI is InChI=1S/C17H20ClN3O5S/c1-10(20-14-9-15(25-2)13(18)8-16(14)26-3)17(22)21-11-4-6-12(7-5-11)27(19,23)24/h4-10,20H,1-3H3,(H,21,22)(H2,19,23,24)/t10-/m0/s1. The van der Waals surface area contributed by atoms with E-state index in [1.54, 1.807) is 19.1 Å². The Morgan fingerprint density at radius 3 is 2.22 bits per heavy atom. The van der Waals surface area contributed by atoms with Crippen molar-refractivity contribution < 1.29 is 22.7 Å². The van der Waals surface area contributed by atoms with Gasteiger partial charge in [-0.25, -0.2) is 13.6 Å². The monoisotopic (exact) mass is 413 g/mol. The molecule has 1 atom stereocenters. The summed E-state index contributed by atoms with van der Waals surface area (Å²) in [7, 11) is -0.812. The van der Waals surface area contributed by atoms with Gasteiger partial charge in [-0.15, -0.1) is 0 Å². The first-order valence-corrected chi connectivity index (χ1v) is 9.70. The molecule has 4 N–H and O–H groups in total. The lowest BCUT2D eigenvalue weighted by atomic mass is 10.2. The number of nitrogens with two attached hydrogens (primary N) is 1. The van der Waals surface area contributed by atoms with Crippen molar-refractivity contribution in [2.45, 2.75) is 17.9 Å². The second-order valence-electron chi connectivity index (χ2n) is 5.61. The Bertz CT molecular complexity index is 932. The van der Waals surface area contributed by atoms with Crippen LogP contribution in [0.3, 0.4) is 0 Å². The maximum atomic E-state index is 12.4. The second-order valence-corrected chi connectivity index (χ2v) is 7.58. The van der Waals surface area contributed by atoms with Crippen molar-refractivity contribution in [1.82, 2.24) is 0 Å². The number of carbonyl (C=O) groups excluding carboxylic acids is 1. The Balaban J connectivity index is 2.12. The summed E-state index contributed by atoms with van der Waals surface area (Å²) >= 11 is 6.07. The number of primary sulfonamides is 1. The zero-order valence-electron chi connectivity index (χ0n) is 14.9. The number of sulfonamides is 1. The molecule has 1 amide bonds. The normalized spacial score (nSPS) is 12.2. The molecule has 0 spiro atoms. The van der Waals surface area contributed by atoms with Crippen LogP contribution in [0.25, 0.3) is 0 Å². The van der Waals surface area contributed by atoms with Crippen LogP contribution >= 0.6 is 11.6 Å². The van der Waals surface area contributed by atoms with Gasteiger partial charge in [-0.05, 0) is 31.2 Å². The summed E-state index contributed by atoms with van der Waals surface area (Å²) in [5, 5.41) is 11.1. The van der Waals surface area contributed by atoms with Gasteiger partial charge in [-0.1, -0.05) is 11.6 Å². The first-order chi connectivity index (χ1) is 12.7. The molecule has 2 aromatic rings. The predicted molar refractivity (Wildman–Crippen MR) is 104 cm³/mol. The van der Waals surface area contributed by atoms with Crippen molar-refractivity contribution >= 4 is 38.9 Å². The van der Waals surface area contributed by atoms with E-state index in [4.69, 9.17) is 26.2 Å². The lowest BCUT2D eigenvalue weighted by Crippen LogP contribution is -2.32. The molecule has 8 nitrogen and oxygen atoms in total. The lowest BCUT2D eigenvalue weighted by molar-refractivity contribution is -0.116. The zero-order chi connectivity index (χ0) is 20.2. The van der Waals surface area contributed by atoms with Gasteiger partial charge in [-0.3, -0.25) is 4.79 Å². The SMILES string of the molecule is COc1cc(N[C@@H](C)C(=O)Nc2ccc(S(N)(=O)=O)cc2)c(OC)cc1Cl. The van der Waals surface area contributed by atoms with Crippen LogP contribution in [0.2, 0.25) is 5.02 Å². The van der Waals surface area contributed by atoms with E-state index in [9.17, 15) is 13.2 Å². The van der Waals surface area contributed by atoms with E-state index in [2.05, 4.69) is 10.6 Å². The van der Waals surface area contributed by atoms with E-state index < -0.39 is 16.1 Å². The Morgan fingerprint density at radius 2 is 1.70 bits per heavy atom.